The van der Waals surface area contributed by atoms with Gasteiger partial charge in [0.05, 0.1) is 19.3 Å². The van der Waals surface area contributed by atoms with Gasteiger partial charge in [0, 0.05) is 24.6 Å². The molecule has 2 aromatic rings. The lowest BCUT2D eigenvalue weighted by atomic mass is 10.2. The summed E-state index contributed by atoms with van der Waals surface area (Å²) >= 11 is 0. The van der Waals surface area contributed by atoms with Gasteiger partial charge in [-0.1, -0.05) is 18.2 Å². The Morgan fingerprint density at radius 3 is 2.54 bits per heavy atom. The zero-order valence-corrected chi connectivity index (χ0v) is 16.6. The molecule has 0 aromatic heterocycles. The fourth-order valence-corrected chi connectivity index (χ4v) is 2.46. The molecule has 0 saturated heterocycles. The van der Waals surface area contributed by atoms with E-state index in [0.29, 0.717) is 24.6 Å². The molecule has 7 heteroatoms. The van der Waals surface area contributed by atoms with E-state index in [1.165, 1.54) is 4.90 Å². The molecule has 2 aromatic carbocycles. The molecular weight excluding hydrogens is 360 g/mol. The summed E-state index contributed by atoms with van der Waals surface area (Å²) in [4.78, 5) is 26.0. The van der Waals surface area contributed by atoms with E-state index in [2.05, 4.69) is 5.32 Å². The van der Waals surface area contributed by atoms with Gasteiger partial charge >= 0.3 is 12.2 Å². The van der Waals surface area contributed by atoms with Gasteiger partial charge in [0.1, 0.15) is 5.75 Å². The van der Waals surface area contributed by atoms with Crippen LogP contribution in [-0.4, -0.2) is 38.6 Å². The van der Waals surface area contributed by atoms with Gasteiger partial charge in [-0.15, -0.1) is 0 Å². The lowest BCUT2D eigenvalue weighted by Gasteiger charge is -2.22. The molecular formula is C21H26N2O5. The molecule has 28 heavy (non-hydrogen) atoms. The number of aryl methyl sites for hydroxylation is 1. The maximum Gasteiger partial charge on any atom is 0.419 e. The number of nitrogens with one attached hydrogen (secondary N) is 1. The SMILES string of the molecule is COCCN(C(=O)Oc1cccc(NC(=O)OC(C)C)c1)c1cccc(C)c1. The largest absolute Gasteiger partial charge is 0.447 e. The van der Waals surface area contributed by atoms with Crippen LogP contribution in [0.5, 0.6) is 5.75 Å². The van der Waals surface area contributed by atoms with Gasteiger partial charge in [-0.3, -0.25) is 10.2 Å². The van der Waals surface area contributed by atoms with Gasteiger partial charge < -0.3 is 14.2 Å². The van der Waals surface area contributed by atoms with Crippen LogP contribution in [-0.2, 0) is 9.47 Å². The van der Waals surface area contributed by atoms with Crippen LogP contribution in [0.1, 0.15) is 19.4 Å². The minimum absolute atomic E-state index is 0.232. The number of ether oxygens (including phenoxy) is 3. The molecule has 2 rings (SSSR count). The van der Waals surface area contributed by atoms with Gasteiger partial charge in [-0.2, -0.15) is 0 Å². The quantitative estimate of drug-likeness (QED) is 0.752. The van der Waals surface area contributed by atoms with Crippen LogP contribution in [0.4, 0.5) is 21.0 Å². The van der Waals surface area contributed by atoms with Crippen molar-refractivity contribution in [1.82, 2.24) is 0 Å². The predicted octanol–water partition coefficient (Wildman–Crippen LogP) is 4.60. The van der Waals surface area contributed by atoms with Crippen molar-refractivity contribution in [3.63, 3.8) is 0 Å². The number of methoxy groups -OCH3 is 1. The molecule has 0 fully saturated rings. The highest BCUT2D eigenvalue weighted by molar-refractivity contribution is 5.90. The molecule has 0 radical (unpaired) electrons. The van der Waals surface area contributed by atoms with Gasteiger partial charge in [0.25, 0.3) is 0 Å². The van der Waals surface area contributed by atoms with Gasteiger partial charge in [-0.05, 0) is 50.6 Å². The van der Waals surface area contributed by atoms with E-state index in [-0.39, 0.29) is 6.10 Å². The van der Waals surface area contributed by atoms with E-state index < -0.39 is 12.2 Å². The number of hydrogen-bond donors (Lipinski definition) is 1. The van der Waals surface area contributed by atoms with Gasteiger partial charge in [-0.25, -0.2) is 9.59 Å². The van der Waals surface area contributed by atoms with E-state index >= 15 is 0 Å². The highest BCUT2D eigenvalue weighted by Crippen LogP contribution is 2.21. The third-order valence-electron chi connectivity index (χ3n) is 3.68. The van der Waals surface area contributed by atoms with Crippen LogP contribution in [0.15, 0.2) is 48.5 Å². The average molecular weight is 386 g/mol. The summed E-state index contributed by atoms with van der Waals surface area (Å²) in [5.41, 5.74) is 2.22. The lowest BCUT2D eigenvalue weighted by molar-refractivity contribution is 0.130. The first kappa shape index (κ1) is 21.2. The molecule has 0 saturated carbocycles. The molecule has 0 aliphatic carbocycles. The Morgan fingerprint density at radius 2 is 1.86 bits per heavy atom. The van der Waals surface area contributed by atoms with Crippen LogP contribution in [0.2, 0.25) is 0 Å². The van der Waals surface area contributed by atoms with Crippen molar-refractivity contribution in [2.24, 2.45) is 0 Å². The third-order valence-corrected chi connectivity index (χ3v) is 3.68. The van der Waals surface area contributed by atoms with Crippen molar-refractivity contribution in [1.29, 1.82) is 0 Å². The molecule has 0 spiro atoms. The number of hydrogen-bond acceptors (Lipinski definition) is 5. The maximum absolute atomic E-state index is 12.7. The van der Waals surface area contributed by atoms with E-state index in [1.807, 2.05) is 31.2 Å². The maximum atomic E-state index is 12.7. The van der Waals surface area contributed by atoms with Crippen molar-refractivity contribution in [2.45, 2.75) is 26.9 Å². The molecule has 0 bridgehead atoms. The second-order valence-corrected chi connectivity index (χ2v) is 6.46. The lowest BCUT2D eigenvalue weighted by Crippen LogP contribution is -2.36. The standard InChI is InChI=1S/C21H26N2O5/c1-15(2)27-20(24)22-17-8-6-10-19(14-17)28-21(25)23(11-12-26-4)18-9-5-7-16(3)13-18/h5-10,13-15H,11-12H2,1-4H3,(H,22,24). The van der Waals surface area contributed by atoms with Gasteiger partial charge in [0.2, 0.25) is 0 Å². The Bertz CT molecular complexity index is 807. The van der Waals surface area contributed by atoms with Crippen LogP contribution in [0.3, 0.4) is 0 Å². The van der Waals surface area contributed by atoms with Crippen molar-refractivity contribution >= 4 is 23.6 Å². The summed E-state index contributed by atoms with van der Waals surface area (Å²) in [5, 5.41) is 2.60. The van der Waals surface area contributed by atoms with Crippen LogP contribution < -0.4 is 15.0 Å². The minimum atomic E-state index is -0.569. The summed E-state index contributed by atoms with van der Waals surface area (Å²) < 4.78 is 15.7. The molecule has 0 heterocycles. The van der Waals surface area contributed by atoms with E-state index in [9.17, 15) is 9.59 Å². The normalized spacial score (nSPS) is 10.5. The second kappa shape index (κ2) is 10.3. The first-order chi connectivity index (χ1) is 13.4. The smallest absolute Gasteiger partial charge is 0.419 e. The number of carbonyl (C=O) groups is 2. The molecule has 0 atom stereocenters. The first-order valence-corrected chi connectivity index (χ1v) is 9.01. The summed E-state index contributed by atoms with van der Waals surface area (Å²) in [6.45, 7) is 6.19. The zero-order chi connectivity index (χ0) is 20.5. The number of amides is 2. The fraction of sp³-hybridized carbons (Fsp3) is 0.333. The number of nitrogens with zero attached hydrogens (tertiary/aromatic N) is 1. The highest BCUT2D eigenvalue weighted by Gasteiger charge is 2.18. The van der Waals surface area contributed by atoms with Crippen molar-refractivity contribution in [2.75, 3.05) is 30.5 Å². The number of benzene rings is 2. The Balaban J connectivity index is 2.12. The molecule has 1 N–H and O–H groups in total. The summed E-state index contributed by atoms with van der Waals surface area (Å²) in [6.07, 6.45) is -1.34. The van der Waals surface area contributed by atoms with Gasteiger partial charge in [0.15, 0.2) is 0 Å². The van der Waals surface area contributed by atoms with Crippen LogP contribution >= 0.6 is 0 Å². The van der Waals surface area contributed by atoms with Crippen molar-refractivity contribution < 1.29 is 23.8 Å². The van der Waals surface area contributed by atoms with E-state index in [4.69, 9.17) is 14.2 Å². The molecule has 150 valence electrons. The van der Waals surface area contributed by atoms with E-state index in [0.717, 1.165) is 11.3 Å². The third kappa shape index (κ3) is 6.59. The fourth-order valence-electron chi connectivity index (χ4n) is 2.46. The summed E-state index contributed by atoms with van der Waals surface area (Å²) in [5.74, 6) is 0.308. The van der Waals surface area contributed by atoms with Crippen LogP contribution in [0.25, 0.3) is 0 Å². The number of carbonyl (C=O) groups excluding carboxylic acids is 2. The molecule has 0 aliphatic heterocycles. The molecule has 2 amide bonds. The van der Waals surface area contributed by atoms with E-state index in [1.54, 1.807) is 45.2 Å². The van der Waals surface area contributed by atoms with Crippen molar-refractivity contribution in [3.8, 4) is 5.75 Å². The Kier molecular flexibility index (Phi) is 7.83. The molecule has 7 nitrogen and oxygen atoms in total. The Hall–Kier alpha value is -3.06. The zero-order valence-electron chi connectivity index (χ0n) is 16.6. The topological polar surface area (TPSA) is 77.1 Å². The van der Waals surface area contributed by atoms with Crippen LogP contribution in [0, 0.1) is 6.92 Å². The minimum Gasteiger partial charge on any atom is -0.447 e. The summed E-state index contributed by atoms with van der Waals surface area (Å²) in [6, 6.07) is 14.1. The number of anilines is 2. The Labute approximate surface area is 165 Å². The first-order valence-electron chi connectivity index (χ1n) is 9.01. The highest BCUT2D eigenvalue weighted by atomic mass is 16.6. The van der Waals surface area contributed by atoms with Crippen molar-refractivity contribution in [3.05, 3.63) is 54.1 Å². The Morgan fingerprint density at radius 1 is 1.11 bits per heavy atom. The average Bonchev–Trinajstić information content (AvgIpc) is 2.61. The number of rotatable bonds is 7. The molecule has 0 unspecified atom stereocenters. The summed E-state index contributed by atoms with van der Waals surface area (Å²) in [7, 11) is 1.57. The second-order valence-electron chi connectivity index (χ2n) is 6.46. The monoisotopic (exact) mass is 386 g/mol. The predicted molar refractivity (Wildman–Crippen MR) is 108 cm³/mol. The molecule has 0 aliphatic rings.